The van der Waals surface area contributed by atoms with Gasteiger partial charge in [0.2, 0.25) is 11.8 Å². The lowest BCUT2D eigenvalue weighted by molar-refractivity contribution is -0.145. The van der Waals surface area contributed by atoms with Crippen molar-refractivity contribution in [3.8, 4) is 0 Å². The summed E-state index contributed by atoms with van der Waals surface area (Å²) in [6, 6.07) is -0.393. The highest BCUT2D eigenvalue weighted by atomic mass is 32.2. The fourth-order valence-electron chi connectivity index (χ4n) is 1.73. The molecular formula is C10H18N2O3S. The van der Waals surface area contributed by atoms with Crippen LogP contribution >= 0.6 is 0 Å². The largest absolute Gasteiger partial charge is 0.345 e. The van der Waals surface area contributed by atoms with Crippen molar-refractivity contribution in [3.63, 3.8) is 0 Å². The summed E-state index contributed by atoms with van der Waals surface area (Å²) in [6.07, 6.45) is 0.594. The third kappa shape index (κ3) is 3.04. The number of carbonyl (C=O) groups excluding carboxylic acids is 2. The van der Waals surface area contributed by atoms with Gasteiger partial charge in [0.05, 0.1) is 6.54 Å². The SMILES string of the molecule is CCC1C(=O)NCC(=O)N1CCS(=O)CC. The number of rotatable bonds is 5. The lowest BCUT2D eigenvalue weighted by atomic mass is 10.1. The Labute approximate surface area is 98.0 Å². The summed E-state index contributed by atoms with van der Waals surface area (Å²) in [4.78, 5) is 24.7. The highest BCUT2D eigenvalue weighted by Gasteiger charge is 2.32. The van der Waals surface area contributed by atoms with E-state index in [-0.39, 0.29) is 18.4 Å². The Balaban J connectivity index is 2.61. The average molecular weight is 246 g/mol. The molecule has 1 aliphatic heterocycles. The second kappa shape index (κ2) is 5.98. The van der Waals surface area contributed by atoms with Crippen LogP contribution in [0.3, 0.4) is 0 Å². The number of piperazine rings is 1. The van der Waals surface area contributed by atoms with E-state index in [4.69, 9.17) is 0 Å². The van der Waals surface area contributed by atoms with Crippen LogP contribution in [-0.4, -0.2) is 51.6 Å². The van der Waals surface area contributed by atoms with Crippen molar-refractivity contribution < 1.29 is 13.8 Å². The molecule has 1 fully saturated rings. The summed E-state index contributed by atoms with van der Waals surface area (Å²) >= 11 is 0. The predicted octanol–water partition coefficient (Wildman–Crippen LogP) is -0.508. The van der Waals surface area contributed by atoms with Crippen LogP contribution in [-0.2, 0) is 20.4 Å². The minimum Gasteiger partial charge on any atom is -0.345 e. The van der Waals surface area contributed by atoms with Gasteiger partial charge >= 0.3 is 0 Å². The molecule has 5 nitrogen and oxygen atoms in total. The highest BCUT2D eigenvalue weighted by molar-refractivity contribution is 7.84. The predicted molar refractivity (Wildman–Crippen MR) is 62.4 cm³/mol. The molecule has 0 aromatic carbocycles. The smallest absolute Gasteiger partial charge is 0.243 e. The topological polar surface area (TPSA) is 66.5 Å². The highest BCUT2D eigenvalue weighted by Crippen LogP contribution is 2.09. The zero-order chi connectivity index (χ0) is 12.1. The average Bonchev–Trinajstić information content (AvgIpc) is 2.29. The van der Waals surface area contributed by atoms with E-state index in [1.807, 2.05) is 13.8 Å². The zero-order valence-electron chi connectivity index (χ0n) is 9.69. The first-order chi connectivity index (χ1) is 7.60. The summed E-state index contributed by atoms with van der Waals surface area (Å²) in [7, 11) is -0.897. The van der Waals surface area contributed by atoms with Crippen molar-refractivity contribution in [3.05, 3.63) is 0 Å². The number of hydrogen-bond acceptors (Lipinski definition) is 3. The number of amides is 2. The molecule has 0 spiro atoms. The van der Waals surface area contributed by atoms with Crippen molar-refractivity contribution in [2.45, 2.75) is 26.3 Å². The summed E-state index contributed by atoms with van der Waals surface area (Å²) in [6.45, 7) is 4.18. The normalized spacial score (nSPS) is 23.1. The molecule has 0 aliphatic carbocycles. The van der Waals surface area contributed by atoms with Gasteiger partial charge < -0.3 is 10.2 Å². The Morgan fingerprint density at radius 3 is 2.69 bits per heavy atom. The van der Waals surface area contributed by atoms with Crippen LogP contribution in [0.25, 0.3) is 0 Å². The Kier molecular flexibility index (Phi) is 4.92. The second-order valence-corrected chi connectivity index (χ2v) is 5.53. The van der Waals surface area contributed by atoms with E-state index in [9.17, 15) is 13.8 Å². The molecule has 1 heterocycles. The minimum absolute atomic E-state index is 0.0636. The van der Waals surface area contributed by atoms with Crippen LogP contribution in [0, 0.1) is 0 Å². The van der Waals surface area contributed by atoms with E-state index in [0.29, 0.717) is 24.5 Å². The van der Waals surface area contributed by atoms with E-state index >= 15 is 0 Å². The molecule has 1 saturated heterocycles. The van der Waals surface area contributed by atoms with Gasteiger partial charge in [-0.05, 0) is 6.42 Å². The van der Waals surface area contributed by atoms with Gasteiger partial charge in [0.1, 0.15) is 6.04 Å². The Morgan fingerprint density at radius 2 is 2.12 bits per heavy atom. The third-order valence-electron chi connectivity index (χ3n) is 2.68. The van der Waals surface area contributed by atoms with Crippen LogP contribution < -0.4 is 5.32 Å². The molecular weight excluding hydrogens is 228 g/mol. The molecule has 1 aliphatic rings. The number of carbonyl (C=O) groups is 2. The van der Waals surface area contributed by atoms with Gasteiger partial charge in [-0.1, -0.05) is 13.8 Å². The molecule has 92 valence electrons. The number of nitrogens with zero attached hydrogens (tertiary/aromatic N) is 1. The first kappa shape index (κ1) is 13.2. The lowest BCUT2D eigenvalue weighted by Crippen LogP contribution is -2.58. The van der Waals surface area contributed by atoms with Crippen molar-refractivity contribution in [2.24, 2.45) is 0 Å². The molecule has 2 unspecified atom stereocenters. The molecule has 1 rings (SSSR count). The number of hydrogen-bond donors (Lipinski definition) is 1. The van der Waals surface area contributed by atoms with Gasteiger partial charge in [0, 0.05) is 28.9 Å². The lowest BCUT2D eigenvalue weighted by Gasteiger charge is -2.34. The maximum Gasteiger partial charge on any atom is 0.243 e. The second-order valence-electron chi connectivity index (χ2n) is 3.66. The van der Waals surface area contributed by atoms with E-state index < -0.39 is 16.8 Å². The van der Waals surface area contributed by atoms with E-state index in [0.717, 1.165) is 0 Å². The van der Waals surface area contributed by atoms with Crippen LogP contribution in [0.15, 0.2) is 0 Å². The van der Waals surface area contributed by atoms with Gasteiger partial charge in [0.15, 0.2) is 0 Å². The summed E-state index contributed by atoms with van der Waals surface area (Å²) in [5.74, 6) is 0.848. The maximum atomic E-state index is 11.6. The van der Waals surface area contributed by atoms with Gasteiger partial charge in [-0.25, -0.2) is 0 Å². The molecule has 0 radical (unpaired) electrons. The van der Waals surface area contributed by atoms with E-state index in [1.54, 1.807) is 4.90 Å². The maximum absolute atomic E-state index is 11.6. The molecule has 6 heteroatoms. The van der Waals surface area contributed by atoms with Crippen molar-refractivity contribution >= 4 is 22.6 Å². The van der Waals surface area contributed by atoms with E-state index in [2.05, 4.69) is 5.32 Å². The van der Waals surface area contributed by atoms with Crippen LogP contribution in [0.2, 0.25) is 0 Å². The molecule has 16 heavy (non-hydrogen) atoms. The van der Waals surface area contributed by atoms with Crippen LogP contribution in [0.1, 0.15) is 20.3 Å². The van der Waals surface area contributed by atoms with Crippen LogP contribution in [0.5, 0.6) is 0 Å². The minimum atomic E-state index is -0.897. The Morgan fingerprint density at radius 1 is 1.44 bits per heavy atom. The molecule has 1 N–H and O–H groups in total. The van der Waals surface area contributed by atoms with Crippen molar-refractivity contribution in [1.82, 2.24) is 10.2 Å². The quantitative estimate of drug-likeness (QED) is 0.710. The van der Waals surface area contributed by atoms with E-state index in [1.165, 1.54) is 0 Å². The van der Waals surface area contributed by atoms with Crippen LogP contribution in [0.4, 0.5) is 0 Å². The van der Waals surface area contributed by atoms with Gasteiger partial charge in [-0.2, -0.15) is 0 Å². The van der Waals surface area contributed by atoms with Gasteiger partial charge in [0.25, 0.3) is 0 Å². The zero-order valence-corrected chi connectivity index (χ0v) is 10.5. The monoisotopic (exact) mass is 246 g/mol. The molecule has 0 aromatic heterocycles. The third-order valence-corrected chi connectivity index (χ3v) is 3.96. The fraction of sp³-hybridized carbons (Fsp3) is 0.800. The molecule has 2 amide bonds. The van der Waals surface area contributed by atoms with Gasteiger partial charge in [-0.3, -0.25) is 13.8 Å². The Bertz CT molecular complexity index is 306. The first-order valence-electron chi connectivity index (χ1n) is 5.52. The molecule has 0 saturated carbocycles. The number of nitrogens with one attached hydrogen (secondary N) is 1. The summed E-state index contributed by atoms with van der Waals surface area (Å²) in [5.41, 5.74) is 0. The van der Waals surface area contributed by atoms with Gasteiger partial charge in [-0.15, -0.1) is 0 Å². The Hall–Kier alpha value is -0.910. The summed E-state index contributed by atoms with van der Waals surface area (Å²) in [5, 5.41) is 2.56. The standard InChI is InChI=1S/C10H18N2O3S/c1-3-8-10(14)11-7-9(13)12(8)5-6-16(15)4-2/h8H,3-7H2,1-2H3,(H,11,14). The molecule has 0 aromatic rings. The summed E-state index contributed by atoms with van der Waals surface area (Å²) < 4.78 is 11.3. The van der Waals surface area contributed by atoms with Crippen molar-refractivity contribution in [1.29, 1.82) is 0 Å². The molecule has 2 atom stereocenters. The fourth-order valence-corrected chi connectivity index (χ4v) is 2.42. The first-order valence-corrected chi connectivity index (χ1v) is 7.01. The van der Waals surface area contributed by atoms with Crippen molar-refractivity contribution in [2.75, 3.05) is 24.6 Å². The molecule has 0 bridgehead atoms.